The summed E-state index contributed by atoms with van der Waals surface area (Å²) in [5.74, 6) is -0.150. The first-order valence-electron chi connectivity index (χ1n) is 9.58. The average Bonchev–Trinajstić information content (AvgIpc) is 2.66. The summed E-state index contributed by atoms with van der Waals surface area (Å²) in [7, 11) is 0. The minimum Gasteiger partial charge on any atom is -0.459 e. The van der Waals surface area contributed by atoms with Gasteiger partial charge < -0.3 is 4.74 Å². The zero-order chi connectivity index (χ0) is 20.3. The third kappa shape index (κ3) is 4.66. The van der Waals surface area contributed by atoms with Gasteiger partial charge in [0.1, 0.15) is 12.3 Å². The van der Waals surface area contributed by atoms with Crippen LogP contribution in [0.2, 0.25) is 0 Å². The Kier molecular flexibility index (Phi) is 5.93. The molecule has 0 fully saturated rings. The number of fused-ring (bicyclic) bond motifs is 1. The van der Waals surface area contributed by atoms with Crippen molar-refractivity contribution in [2.45, 2.75) is 46.6 Å². The molecule has 0 bridgehead atoms. The molecule has 1 atom stereocenters. The van der Waals surface area contributed by atoms with Crippen LogP contribution in [0, 0.1) is 12.8 Å². The smallest absolute Gasteiger partial charge is 0.313 e. The van der Waals surface area contributed by atoms with Crippen LogP contribution < -0.4 is 5.56 Å². The van der Waals surface area contributed by atoms with E-state index in [0.29, 0.717) is 17.3 Å². The van der Waals surface area contributed by atoms with Gasteiger partial charge in [0.2, 0.25) is 0 Å². The Hall–Kier alpha value is -2.95. The predicted molar refractivity (Wildman–Crippen MR) is 109 cm³/mol. The van der Waals surface area contributed by atoms with Gasteiger partial charge in [0.05, 0.1) is 11.6 Å². The molecule has 0 aliphatic carbocycles. The SMILES string of the molecule is Cc1ccc2nc(COC(=O)C(C)c3cccc(CC(C)C)c3)cc(=O)n2c1. The fourth-order valence-electron chi connectivity index (χ4n) is 3.20. The molecule has 0 amide bonds. The van der Waals surface area contributed by atoms with Gasteiger partial charge in [0.25, 0.3) is 5.56 Å². The lowest BCUT2D eigenvalue weighted by molar-refractivity contribution is -0.146. The van der Waals surface area contributed by atoms with E-state index in [1.165, 1.54) is 16.0 Å². The monoisotopic (exact) mass is 378 g/mol. The van der Waals surface area contributed by atoms with Crippen molar-refractivity contribution in [3.05, 3.63) is 81.4 Å². The molecule has 28 heavy (non-hydrogen) atoms. The molecule has 1 aromatic carbocycles. The van der Waals surface area contributed by atoms with Crippen LogP contribution in [0.4, 0.5) is 0 Å². The molecular formula is C23H26N2O3. The molecule has 146 valence electrons. The lowest BCUT2D eigenvalue weighted by atomic mass is 9.95. The minimum atomic E-state index is -0.378. The van der Waals surface area contributed by atoms with Crippen molar-refractivity contribution in [2.24, 2.45) is 5.92 Å². The number of aromatic nitrogens is 2. The lowest BCUT2D eigenvalue weighted by Gasteiger charge is -2.14. The van der Waals surface area contributed by atoms with Gasteiger partial charge in [0, 0.05) is 12.3 Å². The maximum atomic E-state index is 12.5. The molecule has 0 N–H and O–H groups in total. The summed E-state index contributed by atoms with van der Waals surface area (Å²) < 4.78 is 6.93. The highest BCUT2D eigenvalue weighted by molar-refractivity contribution is 5.77. The number of hydrogen-bond donors (Lipinski definition) is 0. The molecule has 0 saturated carbocycles. The zero-order valence-corrected chi connectivity index (χ0v) is 16.8. The summed E-state index contributed by atoms with van der Waals surface area (Å²) in [6.45, 7) is 8.07. The number of benzene rings is 1. The van der Waals surface area contributed by atoms with E-state index in [1.807, 2.05) is 32.0 Å². The second kappa shape index (κ2) is 8.38. The van der Waals surface area contributed by atoms with E-state index in [1.54, 1.807) is 12.3 Å². The second-order valence-electron chi connectivity index (χ2n) is 7.69. The summed E-state index contributed by atoms with van der Waals surface area (Å²) >= 11 is 0. The van der Waals surface area contributed by atoms with Gasteiger partial charge in [-0.25, -0.2) is 4.98 Å². The molecule has 2 heterocycles. The van der Waals surface area contributed by atoms with E-state index in [-0.39, 0.29) is 24.1 Å². The molecule has 3 aromatic rings. The van der Waals surface area contributed by atoms with Gasteiger partial charge in [-0.3, -0.25) is 14.0 Å². The Morgan fingerprint density at radius 2 is 1.93 bits per heavy atom. The number of rotatable bonds is 6. The number of carbonyl (C=O) groups excluding carboxylic acids is 1. The molecule has 0 aliphatic rings. The highest BCUT2D eigenvalue weighted by Crippen LogP contribution is 2.20. The third-order valence-corrected chi connectivity index (χ3v) is 4.67. The van der Waals surface area contributed by atoms with E-state index in [2.05, 4.69) is 31.0 Å². The number of aryl methyl sites for hydroxylation is 1. The lowest BCUT2D eigenvalue weighted by Crippen LogP contribution is -2.18. The van der Waals surface area contributed by atoms with Crippen LogP contribution >= 0.6 is 0 Å². The number of hydrogen-bond acceptors (Lipinski definition) is 4. The Morgan fingerprint density at radius 3 is 2.68 bits per heavy atom. The van der Waals surface area contributed by atoms with Crippen molar-refractivity contribution in [1.29, 1.82) is 0 Å². The molecule has 5 nitrogen and oxygen atoms in total. The molecule has 1 unspecified atom stereocenters. The van der Waals surface area contributed by atoms with Crippen LogP contribution in [-0.4, -0.2) is 15.4 Å². The maximum absolute atomic E-state index is 12.5. The Labute approximate surface area is 165 Å². The van der Waals surface area contributed by atoms with Gasteiger partial charge in [-0.1, -0.05) is 44.2 Å². The van der Waals surface area contributed by atoms with Crippen LogP contribution in [0.25, 0.3) is 5.65 Å². The number of esters is 1. The summed E-state index contributed by atoms with van der Waals surface area (Å²) in [4.78, 5) is 29.2. The summed E-state index contributed by atoms with van der Waals surface area (Å²) in [6, 6.07) is 13.1. The van der Waals surface area contributed by atoms with Crippen LogP contribution in [0.1, 0.15) is 49.1 Å². The van der Waals surface area contributed by atoms with Crippen molar-refractivity contribution in [3.8, 4) is 0 Å². The molecule has 2 aromatic heterocycles. The van der Waals surface area contributed by atoms with Crippen LogP contribution in [0.5, 0.6) is 0 Å². The number of carbonyl (C=O) groups is 1. The Bertz CT molecular complexity index is 1050. The fourth-order valence-corrected chi connectivity index (χ4v) is 3.20. The maximum Gasteiger partial charge on any atom is 0.313 e. The predicted octanol–water partition coefficient (Wildman–Crippen LogP) is 4.05. The number of nitrogens with zero attached hydrogens (tertiary/aromatic N) is 2. The molecule has 0 radical (unpaired) electrons. The van der Waals surface area contributed by atoms with Gasteiger partial charge in [-0.05, 0) is 48.9 Å². The van der Waals surface area contributed by atoms with Crippen molar-refractivity contribution in [2.75, 3.05) is 0 Å². The number of pyridine rings is 1. The molecule has 0 aliphatic heterocycles. The molecular weight excluding hydrogens is 352 g/mol. The largest absolute Gasteiger partial charge is 0.459 e. The number of ether oxygens (including phenoxy) is 1. The highest BCUT2D eigenvalue weighted by Gasteiger charge is 2.18. The van der Waals surface area contributed by atoms with E-state index >= 15 is 0 Å². The Balaban J connectivity index is 1.71. The molecule has 0 saturated heterocycles. The zero-order valence-electron chi connectivity index (χ0n) is 16.8. The molecule has 0 spiro atoms. The van der Waals surface area contributed by atoms with Crippen LogP contribution in [-0.2, 0) is 22.6 Å². The van der Waals surface area contributed by atoms with Crippen LogP contribution in [0.15, 0.2) is 53.5 Å². The minimum absolute atomic E-state index is 0.0194. The van der Waals surface area contributed by atoms with Gasteiger partial charge in [0.15, 0.2) is 0 Å². The van der Waals surface area contributed by atoms with Crippen molar-refractivity contribution in [1.82, 2.24) is 9.38 Å². The summed E-state index contributed by atoms with van der Waals surface area (Å²) in [5, 5.41) is 0. The Morgan fingerprint density at radius 1 is 1.14 bits per heavy atom. The normalized spacial score (nSPS) is 12.3. The van der Waals surface area contributed by atoms with E-state index in [4.69, 9.17) is 4.74 Å². The van der Waals surface area contributed by atoms with Crippen molar-refractivity contribution in [3.63, 3.8) is 0 Å². The quantitative estimate of drug-likeness (QED) is 0.607. The summed E-state index contributed by atoms with van der Waals surface area (Å²) in [5.41, 5.74) is 3.93. The van der Waals surface area contributed by atoms with Crippen molar-refractivity contribution < 1.29 is 9.53 Å². The third-order valence-electron chi connectivity index (χ3n) is 4.67. The van der Waals surface area contributed by atoms with E-state index in [0.717, 1.165) is 17.5 Å². The van der Waals surface area contributed by atoms with Gasteiger partial charge >= 0.3 is 5.97 Å². The fraction of sp³-hybridized carbons (Fsp3) is 0.348. The molecule has 5 heteroatoms. The van der Waals surface area contributed by atoms with Gasteiger partial charge in [-0.15, -0.1) is 0 Å². The topological polar surface area (TPSA) is 60.7 Å². The molecule has 3 rings (SSSR count). The second-order valence-corrected chi connectivity index (χ2v) is 7.69. The average molecular weight is 378 g/mol. The highest BCUT2D eigenvalue weighted by atomic mass is 16.5. The van der Waals surface area contributed by atoms with E-state index < -0.39 is 0 Å². The van der Waals surface area contributed by atoms with Gasteiger partial charge in [-0.2, -0.15) is 0 Å². The first-order valence-corrected chi connectivity index (χ1v) is 9.58. The first-order chi connectivity index (χ1) is 13.3. The van der Waals surface area contributed by atoms with Crippen LogP contribution in [0.3, 0.4) is 0 Å². The first kappa shape index (κ1) is 19.8. The standard InChI is InChI=1S/C23H26N2O3/c1-15(2)10-18-6-5-7-19(11-18)17(4)23(27)28-14-20-12-22(26)25-13-16(3)8-9-21(25)24-20/h5-9,11-13,15,17H,10,14H2,1-4H3. The summed E-state index contributed by atoms with van der Waals surface area (Å²) in [6.07, 6.45) is 2.71. The van der Waals surface area contributed by atoms with Crippen molar-refractivity contribution >= 4 is 11.6 Å². The van der Waals surface area contributed by atoms with E-state index in [9.17, 15) is 9.59 Å².